The zero-order chi connectivity index (χ0) is 12.3. The molecule has 0 radical (unpaired) electrons. The molecule has 1 rings (SSSR count). The summed E-state index contributed by atoms with van der Waals surface area (Å²) in [6, 6.07) is 3.76. The molecule has 0 bridgehead atoms. The molecule has 5 nitrogen and oxygen atoms in total. The summed E-state index contributed by atoms with van der Waals surface area (Å²) in [7, 11) is -0.644. The maximum Gasteiger partial charge on any atom is 0.287 e. The van der Waals surface area contributed by atoms with Gasteiger partial charge in [-0.25, -0.2) is 0 Å². The summed E-state index contributed by atoms with van der Waals surface area (Å²) in [6.45, 7) is 0. The number of hydrogen-bond donors (Lipinski definition) is 1. The van der Waals surface area contributed by atoms with E-state index in [9.17, 15) is 13.5 Å². The molecule has 0 heterocycles. The smallest absolute Gasteiger partial charge is 0.287 e. The molecule has 88 valence electrons. The van der Waals surface area contributed by atoms with Crippen LogP contribution in [0.3, 0.4) is 0 Å². The summed E-state index contributed by atoms with van der Waals surface area (Å²) in [5.74, 6) is -0.375. The Labute approximate surface area is 99.0 Å². The number of aromatic hydroxyl groups is 1. The van der Waals surface area contributed by atoms with E-state index in [2.05, 4.69) is 4.40 Å². The van der Waals surface area contributed by atoms with Crippen molar-refractivity contribution in [3.63, 3.8) is 0 Å². The molecule has 16 heavy (non-hydrogen) atoms. The van der Waals surface area contributed by atoms with Crippen molar-refractivity contribution in [2.45, 2.75) is 4.90 Å². The average Bonchev–Trinajstić information content (AvgIpc) is 2.19. The third-order valence-corrected chi connectivity index (χ3v) is 3.11. The van der Waals surface area contributed by atoms with Crippen molar-refractivity contribution >= 4 is 28.0 Å². The van der Waals surface area contributed by atoms with Crippen LogP contribution < -0.4 is 0 Å². The fourth-order valence-corrected chi connectivity index (χ4v) is 2.18. The number of rotatable bonds is 3. The summed E-state index contributed by atoms with van der Waals surface area (Å²) >= 11 is 5.65. The lowest BCUT2D eigenvalue weighted by atomic mass is 10.3. The van der Waals surface area contributed by atoms with Gasteiger partial charge in [-0.2, -0.15) is 8.42 Å². The van der Waals surface area contributed by atoms with Gasteiger partial charge in [-0.15, -0.1) is 4.40 Å². The highest BCUT2D eigenvalue weighted by molar-refractivity contribution is 7.90. The second-order valence-electron chi connectivity index (χ2n) is 3.27. The van der Waals surface area contributed by atoms with Gasteiger partial charge in [0.05, 0.1) is 0 Å². The fraction of sp³-hybridized carbons (Fsp3) is 0.222. The molecule has 0 unspecified atom stereocenters. The third kappa shape index (κ3) is 3.11. The lowest BCUT2D eigenvalue weighted by Crippen LogP contribution is -2.10. The molecule has 0 aliphatic heterocycles. The molecule has 0 spiro atoms. The van der Waals surface area contributed by atoms with Crippen LogP contribution in [0.2, 0.25) is 5.02 Å². The molecule has 0 fully saturated rings. The van der Waals surface area contributed by atoms with Crippen LogP contribution in [0, 0.1) is 0 Å². The van der Waals surface area contributed by atoms with Gasteiger partial charge in [-0.1, -0.05) is 11.6 Å². The first-order valence-electron chi connectivity index (χ1n) is 4.28. The first kappa shape index (κ1) is 12.8. The van der Waals surface area contributed by atoms with Gasteiger partial charge in [0.25, 0.3) is 10.0 Å². The number of phenolic OH excluding ortho intramolecular Hbond substituents is 1. The van der Waals surface area contributed by atoms with Crippen molar-refractivity contribution in [2.75, 3.05) is 14.1 Å². The van der Waals surface area contributed by atoms with Crippen molar-refractivity contribution in [2.24, 2.45) is 4.40 Å². The molecule has 0 saturated carbocycles. The van der Waals surface area contributed by atoms with Gasteiger partial charge in [0, 0.05) is 19.1 Å². The summed E-state index contributed by atoms with van der Waals surface area (Å²) in [6.07, 6.45) is 1.13. The van der Waals surface area contributed by atoms with Gasteiger partial charge >= 0.3 is 0 Å². The van der Waals surface area contributed by atoms with E-state index in [4.69, 9.17) is 11.6 Å². The number of benzene rings is 1. The zero-order valence-electron chi connectivity index (χ0n) is 8.75. The molecule has 0 aliphatic carbocycles. The third-order valence-electron chi connectivity index (χ3n) is 1.62. The summed E-state index contributed by atoms with van der Waals surface area (Å²) in [5.41, 5.74) is 0. The van der Waals surface area contributed by atoms with E-state index in [1.165, 1.54) is 17.0 Å². The average molecular weight is 263 g/mol. The lowest BCUT2D eigenvalue weighted by molar-refractivity contribution is 0.459. The molecule has 0 aliphatic rings. The molecule has 1 aromatic carbocycles. The van der Waals surface area contributed by atoms with Crippen LogP contribution in [0.1, 0.15) is 0 Å². The number of sulfonamides is 1. The molecule has 7 heteroatoms. The number of halogens is 1. The molecule has 0 saturated heterocycles. The summed E-state index contributed by atoms with van der Waals surface area (Å²) in [4.78, 5) is 1.16. The summed E-state index contributed by atoms with van der Waals surface area (Å²) < 4.78 is 26.7. The monoisotopic (exact) mass is 262 g/mol. The maximum absolute atomic E-state index is 11.7. The lowest BCUT2D eigenvalue weighted by Gasteiger charge is -2.05. The Balaban J connectivity index is 3.22. The standard InChI is InChI=1S/C9H11ClN2O3S/c1-12(2)6-11-16(14,15)9-5-7(10)3-4-8(9)13/h3-6,13H,1-2H3/b11-6+. The minimum atomic E-state index is -3.92. The first-order chi connectivity index (χ1) is 7.33. The molecule has 0 amide bonds. The van der Waals surface area contributed by atoms with Crippen LogP contribution in [0.25, 0.3) is 0 Å². The molecular weight excluding hydrogens is 252 g/mol. The highest BCUT2D eigenvalue weighted by Crippen LogP contribution is 2.27. The van der Waals surface area contributed by atoms with Crippen LogP contribution in [0.15, 0.2) is 27.5 Å². The van der Waals surface area contributed by atoms with Gasteiger partial charge < -0.3 is 10.0 Å². The molecular formula is C9H11ClN2O3S. The Morgan fingerprint density at radius 2 is 2.06 bits per heavy atom. The Kier molecular flexibility index (Phi) is 3.77. The van der Waals surface area contributed by atoms with Crippen molar-refractivity contribution in [3.05, 3.63) is 23.2 Å². The van der Waals surface area contributed by atoms with E-state index in [-0.39, 0.29) is 15.7 Å². The van der Waals surface area contributed by atoms with E-state index >= 15 is 0 Å². The Morgan fingerprint density at radius 3 is 2.62 bits per heavy atom. The van der Waals surface area contributed by atoms with E-state index in [1.807, 2.05) is 0 Å². The quantitative estimate of drug-likeness (QED) is 0.659. The Morgan fingerprint density at radius 1 is 1.44 bits per heavy atom. The normalized spacial score (nSPS) is 11.9. The molecule has 1 N–H and O–H groups in total. The SMILES string of the molecule is CN(C)/C=N/S(=O)(=O)c1cc(Cl)ccc1O. The second-order valence-corrected chi connectivity index (χ2v) is 5.31. The second kappa shape index (κ2) is 4.71. The van der Waals surface area contributed by atoms with Crippen LogP contribution in [-0.2, 0) is 10.0 Å². The van der Waals surface area contributed by atoms with Crippen molar-refractivity contribution in [1.82, 2.24) is 4.90 Å². The summed E-state index contributed by atoms with van der Waals surface area (Å²) in [5, 5.41) is 9.63. The van der Waals surface area contributed by atoms with Gasteiger partial charge in [0.15, 0.2) is 0 Å². The van der Waals surface area contributed by atoms with Gasteiger partial charge in [0.2, 0.25) is 0 Å². The van der Waals surface area contributed by atoms with Crippen molar-refractivity contribution < 1.29 is 13.5 Å². The van der Waals surface area contributed by atoms with Gasteiger partial charge in [0.1, 0.15) is 17.0 Å². The first-order valence-corrected chi connectivity index (χ1v) is 6.10. The predicted octanol–water partition coefficient (Wildman–Crippen LogP) is 1.32. The van der Waals surface area contributed by atoms with E-state index in [1.54, 1.807) is 14.1 Å². The highest BCUT2D eigenvalue weighted by atomic mass is 35.5. The highest BCUT2D eigenvalue weighted by Gasteiger charge is 2.17. The minimum absolute atomic E-state index is 0.219. The van der Waals surface area contributed by atoms with Crippen LogP contribution in [0.4, 0.5) is 0 Å². The largest absolute Gasteiger partial charge is 0.507 e. The van der Waals surface area contributed by atoms with Crippen LogP contribution in [0.5, 0.6) is 5.75 Å². The molecule has 1 aromatic rings. The topological polar surface area (TPSA) is 70.0 Å². The Hall–Kier alpha value is -1.27. The van der Waals surface area contributed by atoms with Crippen LogP contribution >= 0.6 is 11.6 Å². The van der Waals surface area contributed by atoms with Gasteiger partial charge in [-0.05, 0) is 18.2 Å². The predicted molar refractivity (Wildman–Crippen MR) is 62.5 cm³/mol. The van der Waals surface area contributed by atoms with Gasteiger partial charge in [-0.3, -0.25) is 0 Å². The molecule has 0 atom stereocenters. The van der Waals surface area contributed by atoms with E-state index in [0.29, 0.717) is 0 Å². The number of phenols is 1. The number of hydrogen-bond acceptors (Lipinski definition) is 3. The Bertz CT molecular complexity index is 511. The number of nitrogens with zero attached hydrogens (tertiary/aromatic N) is 2. The fourth-order valence-electron chi connectivity index (χ4n) is 0.908. The van der Waals surface area contributed by atoms with Crippen molar-refractivity contribution in [3.8, 4) is 5.75 Å². The van der Waals surface area contributed by atoms with E-state index in [0.717, 1.165) is 12.4 Å². The van der Waals surface area contributed by atoms with Crippen LogP contribution in [-0.4, -0.2) is 38.9 Å². The van der Waals surface area contributed by atoms with Crippen molar-refractivity contribution in [1.29, 1.82) is 0 Å². The maximum atomic E-state index is 11.7. The minimum Gasteiger partial charge on any atom is -0.507 e. The van der Waals surface area contributed by atoms with E-state index < -0.39 is 10.0 Å². The molecule has 0 aromatic heterocycles. The zero-order valence-corrected chi connectivity index (χ0v) is 10.3.